The maximum Gasteiger partial charge on any atom is 0.227 e. The molecule has 1 aliphatic heterocycles. The van der Waals surface area contributed by atoms with Crippen molar-refractivity contribution < 1.29 is 18.6 Å². The Morgan fingerprint density at radius 3 is 2.91 bits per heavy atom. The van der Waals surface area contributed by atoms with Crippen LogP contribution < -0.4 is 5.32 Å². The van der Waals surface area contributed by atoms with Crippen LogP contribution in [0.2, 0.25) is 0 Å². The summed E-state index contributed by atoms with van der Waals surface area (Å²) in [6.45, 7) is 5.54. The van der Waals surface area contributed by atoms with Gasteiger partial charge >= 0.3 is 0 Å². The molecule has 1 N–H and O–H groups in total. The molecular formula is C26H34N4O4. The van der Waals surface area contributed by atoms with Crippen LogP contribution in [0.1, 0.15) is 19.1 Å². The van der Waals surface area contributed by atoms with Gasteiger partial charge in [-0.1, -0.05) is 12.2 Å². The standard InChI is InChI=1S/C23H26N4O3.C3H8O/c1-27-9-3-4-10-29-14-17-11-16(13-30-17)19-7-8-24-22(25-19)26-20-5-6-21(28-2)23(15-27)12-18(20)23;1-3-4-2/h3-8,11,13,18H,9-10,12,14-15H2,1-2H3,(H,24,25,26);3H2,1-2H3/b4-3+;. The highest BCUT2D eigenvalue weighted by atomic mass is 16.5. The second-order valence-electron chi connectivity index (χ2n) is 8.72. The number of nitrogens with zero attached hydrogens (tertiary/aromatic N) is 3. The predicted molar refractivity (Wildman–Crippen MR) is 131 cm³/mol. The van der Waals surface area contributed by atoms with E-state index in [-0.39, 0.29) is 5.41 Å². The number of aromatic nitrogens is 2. The van der Waals surface area contributed by atoms with Crippen LogP contribution in [-0.4, -0.2) is 62.4 Å². The van der Waals surface area contributed by atoms with Gasteiger partial charge in [0.2, 0.25) is 5.95 Å². The van der Waals surface area contributed by atoms with Crippen molar-refractivity contribution in [2.45, 2.75) is 20.0 Å². The SMILES string of the molecule is CCOC.COC1=CC=C2Nc3nccc(n3)-c3coc(c3)COC/C=C/CN(C)CC13CC23. The zero-order valence-electron chi connectivity index (χ0n) is 20.4. The lowest BCUT2D eigenvalue weighted by atomic mass is 9.94. The topological polar surface area (TPSA) is 81.9 Å². The van der Waals surface area contributed by atoms with Crippen LogP contribution in [0.3, 0.4) is 0 Å². The van der Waals surface area contributed by atoms with E-state index in [1.807, 2.05) is 19.1 Å². The number of allylic oxidation sites excluding steroid dienone is 3. The molecule has 6 bridgehead atoms. The maximum absolute atomic E-state index is 5.75. The Balaban J connectivity index is 0.000000636. The van der Waals surface area contributed by atoms with E-state index < -0.39 is 0 Å². The fraction of sp³-hybridized carbons (Fsp3) is 0.462. The fourth-order valence-electron chi connectivity index (χ4n) is 4.48. The Kier molecular flexibility index (Phi) is 7.82. The van der Waals surface area contributed by atoms with Gasteiger partial charge < -0.3 is 28.8 Å². The normalized spacial score (nSPS) is 25.1. The first-order chi connectivity index (χ1) is 16.6. The van der Waals surface area contributed by atoms with Crippen LogP contribution in [0.15, 0.2) is 64.8 Å². The molecule has 0 amide bonds. The predicted octanol–water partition coefficient (Wildman–Crippen LogP) is 4.25. The van der Waals surface area contributed by atoms with E-state index in [1.54, 1.807) is 26.7 Å². The third-order valence-corrected chi connectivity index (χ3v) is 6.32. The van der Waals surface area contributed by atoms with Gasteiger partial charge in [0, 0.05) is 55.6 Å². The fourth-order valence-corrected chi connectivity index (χ4v) is 4.48. The van der Waals surface area contributed by atoms with Crippen LogP contribution in [-0.2, 0) is 20.8 Å². The van der Waals surface area contributed by atoms with Crippen LogP contribution >= 0.6 is 0 Å². The van der Waals surface area contributed by atoms with Gasteiger partial charge in [-0.05, 0) is 44.7 Å². The van der Waals surface area contributed by atoms with E-state index in [4.69, 9.17) is 18.9 Å². The number of furan rings is 1. The van der Waals surface area contributed by atoms with Crippen molar-refractivity contribution in [1.82, 2.24) is 14.9 Å². The van der Waals surface area contributed by atoms with Crippen molar-refractivity contribution in [3.05, 3.63) is 66.1 Å². The maximum atomic E-state index is 5.75. The molecule has 2 aromatic rings. The lowest BCUT2D eigenvalue weighted by molar-refractivity contribution is 0.131. The summed E-state index contributed by atoms with van der Waals surface area (Å²) in [5.41, 5.74) is 2.87. The van der Waals surface area contributed by atoms with Crippen molar-refractivity contribution in [1.29, 1.82) is 0 Å². The van der Waals surface area contributed by atoms with Crippen molar-refractivity contribution in [3.8, 4) is 11.3 Å². The van der Waals surface area contributed by atoms with Gasteiger partial charge in [-0.25, -0.2) is 9.97 Å². The van der Waals surface area contributed by atoms with Gasteiger partial charge in [0.15, 0.2) is 0 Å². The number of fused-ring (bicyclic) bond motifs is 5. The number of ether oxygens (including phenoxy) is 3. The average molecular weight is 467 g/mol. The molecule has 2 aliphatic carbocycles. The molecule has 8 nitrogen and oxygen atoms in total. The monoisotopic (exact) mass is 466 g/mol. The lowest BCUT2D eigenvalue weighted by Gasteiger charge is -2.28. The summed E-state index contributed by atoms with van der Waals surface area (Å²) in [7, 11) is 5.58. The molecule has 34 heavy (non-hydrogen) atoms. The summed E-state index contributed by atoms with van der Waals surface area (Å²) >= 11 is 0. The van der Waals surface area contributed by atoms with E-state index in [0.29, 0.717) is 25.1 Å². The number of likely N-dealkylation sites (N-methyl/N-ethyl adjacent to an activating group) is 1. The molecule has 1 fully saturated rings. The van der Waals surface area contributed by atoms with E-state index in [9.17, 15) is 0 Å². The number of methoxy groups -OCH3 is 2. The van der Waals surface area contributed by atoms with E-state index in [2.05, 4.69) is 51.3 Å². The Morgan fingerprint density at radius 2 is 2.12 bits per heavy atom. The summed E-state index contributed by atoms with van der Waals surface area (Å²) in [5.74, 6) is 2.79. The summed E-state index contributed by atoms with van der Waals surface area (Å²) < 4.78 is 21.6. The van der Waals surface area contributed by atoms with Crippen molar-refractivity contribution in [2.75, 3.05) is 52.9 Å². The minimum Gasteiger partial charge on any atom is -0.500 e. The van der Waals surface area contributed by atoms with Gasteiger partial charge in [-0.2, -0.15) is 0 Å². The van der Waals surface area contributed by atoms with Gasteiger partial charge in [0.25, 0.3) is 0 Å². The van der Waals surface area contributed by atoms with E-state index >= 15 is 0 Å². The molecule has 2 aromatic heterocycles. The van der Waals surface area contributed by atoms with Gasteiger partial charge in [-0.15, -0.1) is 0 Å². The van der Waals surface area contributed by atoms with Crippen molar-refractivity contribution >= 4 is 5.95 Å². The van der Waals surface area contributed by atoms with Crippen molar-refractivity contribution in [3.63, 3.8) is 0 Å². The number of hydrogen-bond acceptors (Lipinski definition) is 8. The summed E-state index contributed by atoms with van der Waals surface area (Å²) in [6, 6.07) is 3.85. The largest absolute Gasteiger partial charge is 0.500 e. The number of hydrogen-bond donors (Lipinski definition) is 1. The molecule has 182 valence electrons. The lowest BCUT2D eigenvalue weighted by Crippen LogP contribution is -2.31. The van der Waals surface area contributed by atoms with Gasteiger partial charge in [0.1, 0.15) is 24.4 Å². The third kappa shape index (κ3) is 5.41. The van der Waals surface area contributed by atoms with E-state index in [1.165, 1.54) is 0 Å². The molecule has 3 heterocycles. The average Bonchev–Trinajstić information content (AvgIpc) is 3.39. The molecule has 3 aliphatic rings. The zero-order valence-corrected chi connectivity index (χ0v) is 20.4. The number of anilines is 1. The Hall–Kier alpha value is -2.94. The highest BCUT2D eigenvalue weighted by molar-refractivity contribution is 5.60. The molecule has 0 aromatic carbocycles. The molecular weight excluding hydrogens is 432 g/mol. The molecule has 0 radical (unpaired) electrons. The molecule has 2 atom stereocenters. The molecule has 0 saturated heterocycles. The Bertz CT molecular complexity index is 1060. The second-order valence-corrected chi connectivity index (χ2v) is 8.72. The van der Waals surface area contributed by atoms with Gasteiger partial charge in [-0.3, -0.25) is 0 Å². The van der Waals surface area contributed by atoms with Crippen LogP contribution in [0, 0.1) is 11.3 Å². The van der Waals surface area contributed by atoms with Crippen LogP contribution in [0.5, 0.6) is 0 Å². The number of nitrogens with one attached hydrogen (secondary N) is 1. The molecule has 5 rings (SSSR count). The molecule has 8 heteroatoms. The third-order valence-electron chi connectivity index (χ3n) is 6.32. The summed E-state index contributed by atoms with van der Waals surface area (Å²) in [5, 5.41) is 3.45. The minimum atomic E-state index is 0.00737. The molecule has 0 spiro atoms. The summed E-state index contributed by atoms with van der Waals surface area (Å²) in [6.07, 6.45) is 12.9. The molecule has 1 saturated carbocycles. The van der Waals surface area contributed by atoms with Gasteiger partial charge in [0.05, 0.1) is 19.4 Å². The highest BCUT2D eigenvalue weighted by Gasteiger charge is 2.61. The Labute approximate surface area is 201 Å². The first-order valence-electron chi connectivity index (χ1n) is 11.6. The Morgan fingerprint density at radius 1 is 1.26 bits per heavy atom. The van der Waals surface area contributed by atoms with E-state index in [0.717, 1.165) is 54.6 Å². The van der Waals surface area contributed by atoms with Crippen molar-refractivity contribution in [2.24, 2.45) is 11.3 Å². The second kappa shape index (κ2) is 11.0. The summed E-state index contributed by atoms with van der Waals surface area (Å²) in [4.78, 5) is 11.4. The first-order valence-corrected chi connectivity index (χ1v) is 11.6. The number of rotatable bonds is 2. The quantitative estimate of drug-likeness (QED) is 0.658. The zero-order chi connectivity index (χ0) is 24.0. The van der Waals surface area contributed by atoms with Crippen LogP contribution in [0.4, 0.5) is 5.95 Å². The first kappa shape index (κ1) is 24.2. The highest BCUT2D eigenvalue weighted by Crippen LogP contribution is 2.63. The minimum absolute atomic E-state index is 0.00737. The smallest absolute Gasteiger partial charge is 0.227 e. The molecule has 2 unspecified atom stereocenters. The van der Waals surface area contributed by atoms with Crippen LogP contribution in [0.25, 0.3) is 11.3 Å².